The number of rotatable bonds is 2. The molecule has 1 amide bonds. The molecule has 3 nitrogen and oxygen atoms in total. The van der Waals surface area contributed by atoms with Crippen molar-refractivity contribution in [2.24, 2.45) is 0 Å². The fourth-order valence-corrected chi connectivity index (χ4v) is 2.70. The highest BCUT2D eigenvalue weighted by Crippen LogP contribution is 2.24. The van der Waals surface area contributed by atoms with Crippen molar-refractivity contribution in [1.82, 2.24) is 9.80 Å². The number of thiol groups is 1. The summed E-state index contributed by atoms with van der Waals surface area (Å²) in [5, 5.41) is 0. The van der Waals surface area contributed by atoms with Gasteiger partial charge in [0.05, 0.1) is 0 Å². The average molecular weight is 276 g/mol. The van der Waals surface area contributed by atoms with Crippen LogP contribution in [0.1, 0.15) is 18.1 Å². The summed E-state index contributed by atoms with van der Waals surface area (Å²) in [5.41, 5.74) is 3.38. The first-order chi connectivity index (χ1) is 8.99. The second kappa shape index (κ2) is 5.70. The third kappa shape index (κ3) is 3.13. The molecule has 1 heterocycles. The minimum absolute atomic E-state index is 0.154. The summed E-state index contributed by atoms with van der Waals surface area (Å²) in [4.78, 5) is 16.4. The van der Waals surface area contributed by atoms with E-state index in [9.17, 15) is 4.79 Å². The molecule has 0 aromatic heterocycles. The molecule has 0 saturated carbocycles. The molecule has 1 fully saturated rings. The average Bonchev–Trinajstić information content (AvgIpc) is 2.38. The summed E-state index contributed by atoms with van der Waals surface area (Å²) in [6, 6.07) is 6.11. The molecule has 2 rings (SSSR count). The molecule has 0 bridgehead atoms. The molecule has 1 aliphatic rings. The van der Waals surface area contributed by atoms with Crippen LogP contribution in [0.3, 0.4) is 0 Å². The van der Waals surface area contributed by atoms with Gasteiger partial charge in [0.15, 0.2) is 0 Å². The monoisotopic (exact) mass is 276 g/mol. The molecule has 0 aliphatic carbocycles. The molecule has 0 radical (unpaired) electrons. The van der Waals surface area contributed by atoms with Gasteiger partial charge < -0.3 is 9.80 Å². The Labute approximate surface area is 120 Å². The lowest BCUT2D eigenvalue weighted by Gasteiger charge is -2.37. The number of nitrogens with zero attached hydrogens (tertiary/aromatic N) is 2. The SMILES string of the molecule is C=C(c1ccc(S)cc1C)N1CCN(C(C)=O)CC1. The molecule has 4 heteroatoms. The van der Waals surface area contributed by atoms with Gasteiger partial charge in [-0.3, -0.25) is 4.79 Å². The van der Waals surface area contributed by atoms with E-state index in [0.717, 1.165) is 42.3 Å². The zero-order valence-electron chi connectivity index (χ0n) is 11.5. The molecular weight excluding hydrogens is 256 g/mol. The van der Waals surface area contributed by atoms with Crippen LogP contribution < -0.4 is 0 Å². The molecular formula is C15H20N2OS. The van der Waals surface area contributed by atoms with Gasteiger partial charge in [-0.25, -0.2) is 0 Å². The van der Waals surface area contributed by atoms with Crippen molar-refractivity contribution in [2.45, 2.75) is 18.7 Å². The molecule has 1 aliphatic heterocycles. The van der Waals surface area contributed by atoms with Gasteiger partial charge in [0, 0.05) is 49.3 Å². The minimum atomic E-state index is 0.154. The normalized spacial score (nSPS) is 15.5. The number of amides is 1. The Morgan fingerprint density at radius 3 is 2.32 bits per heavy atom. The van der Waals surface area contributed by atoms with Crippen LogP contribution in [0.15, 0.2) is 29.7 Å². The quantitative estimate of drug-likeness (QED) is 0.839. The predicted molar refractivity (Wildman–Crippen MR) is 81.3 cm³/mol. The van der Waals surface area contributed by atoms with Crippen LogP contribution >= 0.6 is 12.6 Å². The van der Waals surface area contributed by atoms with Crippen molar-refractivity contribution in [2.75, 3.05) is 26.2 Å². The fourth-order valence-electron chi connectivity index (χ4n) is 2.43. The topological polar surface area (TPSA) is 23.6 Å². The Kier molecular flexibility index (Phi) is 4.20. The fraction of sp³-hybridized carbons (Fsp3) is 0.400. The van der Waals surface area contributed by atoms with E-state index in [1.165, 1.54) is 5.56 Å². The predicted octanol–water partition coefficient (Wildman–Crippen LogP) is 2.42. The summed E-state index contributed by atoms with van der Waals surface area (Å²) in [6.07, 6.45) is 0. The number of carbonyl (C=O) groups is 1. The largest absolute Gasteiger partial charge is 0.368 e. The Balaban J connectivity index is 2.07. The van der Waals surface area contributed by atoms with Crippen LogP contribution in [-0.4, -0.2) is 41.9 Å². The zero-order chi connectivity index (χ0) is 14.0. The van der Waals surface area contributed by atoms with Crippen molar-refractivity contribution in [1.29, 1.82) is 0 Å². The van der Waals surface area contributed by atoms with Gasteiger partial charge >= 0.3 is 0 Å². The van der Waals surface area contributed by atoms with Crippen LogP contribution in [0, 0.1) is 6.92 Å². The second-order valence-electron chi connectivity index (χ2n) is 4.94. The van der Waals surface area contributed by atoms with Crippen LogP contribution in [0.4, 0.5) is 0 Å². The molecule has 0 atom stereocenters. The minimum Gasteiger partial charge on any atom is -0.368 e. The third-order valence-corrected chi connectivity index (χ3v) is 3.91. The first-order valence-electron chi connectivity index (χ1n) is 6.48. The van der Waals surface area contributed by atoms with E-state index in [1.807, 2.05) is 11.0 Å². The Bertz CT molecular complexity index is 505. The maximum absolute atomic E-state index is 11.3. The number of carbonyl (C=O) groups excluding carboxylic acids is 1. The van der Waals surface area contributed by atoms with Crippen molar-refractivity contribution in [3.8, 4) is 0 Å². The molecule has 19 heavy (non-hydrogen) atoms. The summed E-state index contributed by atoms with van der Waals surface area (Å²) in [7, 11) is 0. The van der Waals surface area contributed by atoms with E-state index in [2.05, 4.69) is 43.2 Å². The van der Waals surface area contributed by atoms with Gasteiger partial charge in [-0.05, 0) is 24.6 Å². The smallest absolute Gasteiger partial charge is 0.219 e. The number of benzene rings is 1. The van der Waals surface area contributed by atoms with Gasteiger partial charge in [-0.1, -0.05) is 12.6 Å². The first-order valence-corrected chi connectivity index (χ1v) is 6.93. The number of piperazine rings is 1. The molecule has 0 spiro atoms. The van der Waals surface area contributed by atoms with Crippen LogP contribution in [-0.2, 0) is 4.79 Å². The van der Waals surface area contributed by atoms with Gasteiger partial charge in [0.1, 0.15) is 0 Å². The number of hydrogen-bond donors (Lipinski definition) is 1. The Hall–Kier alpha value is -1.42. The highest BCUT2D eigenvalue weighted by Gasteiger charge is 2.20. The van der Waals surface area contributed by atoms with Crippen LogP contribution in [0.25, 0.3) is 5.70 Å². The third-order valence-electron chi connectivity index (χ3n) is 3.63. The zero-order valence-corrected chi connectivity index (χ0v) is 12.4. The van der Waals surface area contributed by atoms with Crippen molar-refractivity contribution in [3.63, 3.8) is 0 Å². The molecule has 1 aromatic rings. The van der Waals surface area contributed by atoms with Crippen molar-refractivity contribution >= 4 is 24.2 Å². The van der Waals surface area contributed by atoms with E-state index in [0.29, 0.717) is 0 Å². The summed E-state index contributed by atoms with van der Waals surface area (Å²) in [5.74, 6) is 0.154. The maximum atomic E-state index is 11.3. The van der Waals surface area contributed by atoms with Crippen LogP contribution in [0.5, 0.6) is 0 Å². The molecule has 1 saturated heterocycles. The molecule has 0 N–H and O–H groups in total. The summed E-state index contributed by atoms with van der Waals surface area (Å²) >= 11 is 4.34. The number of hydrogen-bond acceptors (Lipinski definition) is 3. The van der Waals surface area contributed by atoms with Gasteiger partial charge in [-0.2, -0.15) is 0 Å². The van der Waals surface area contributed by atoms with Gasteiger partial charge in [0.25, 0.3) is 0 Å². The lowest BCUT2D eigenvalue weighted by Crippen LogP contribution is -2.47. The summed E-state index contributed by atoms with van der Waals surface area (Å²) in [6.45, 7) is 11.2. The Morgan fingerprint density at radius 1 is 1.21 bits per heavy atom. The van der Waals surface area contributed by atoms with E-state index in [1.54, 1.807) is 6.92 Å². The van der Waals surface area contributed by atoms with Crippen molar-refractivity contribution in [3.05, 3.63) is 35.9 Å². The molecule has 0 unspecified atom stereocenters. The standard InChI is InChI=1S/C15H20N2OS/c1-11-10-14(19)4-5-15(11)12(2)16-6-8-17(9-7-16)13(3)18/h4-5,10,19H,2,6-9H2,1,3H3. The van der Waals surface area contributed by atoms with Crippen LogP contribution in [0.2, 0.25) is 0 Å². The van der Waals surface area contributed by atoms with E-state index in [4.69, 9.17) is 0 Å². The molecule has 102 valence electrons. The lowest BCUT2D eigenvalue weighted by atomic mass is 10.1. The molecule has 1 aromatic carbocycles. The first kappa shape index (κ1) is 14.0. The highest BCUT2D eigenvalue weighted by molar-refractivity contribution is 7.80. The van der Waals surface area contributed by atoms with Gasteiger partial charge in [0.2, 0.25) is 5.91 Å². The van der Waals surface area contributed by atoms with Crippen molar-refractivity contribution < 1.29 is 4.79 Å². The van der Waals surface area contributed by atoms with E-state index < -0.39 is 0 Å². The Morgan fingerprint density at radius 2 is 1.79 bits per heavy atom. The maximum Gasteiger partial charge on any atom is 0.219 e. The highest BCUT2D eigenvalue weighted by atomic mass is 32.1. The second-order valence-corrected chi connectivity index (χ2v) is 5.46. The number of aryl methyl sites for hydroxylation is 1. The lowest BCUT2D eigenvalue weighted by molar-refractivity contribution is -0.130. The summed E-state index contributed by atoms with van der Waals surface area (Å²) < 4.78 is 0. The van der Waals surface area contributed by atoms with E-state index in [-0.39, 0.29) is 5.91 Å². The van der Waals surface area contributed by atoms with E-state index >= 15 is 0 Å². The van der Waals surface area contributed by atoms with Gasteiger partial charge in [-0.15, -0.1) is 12.6 Å².